The lowest BCUT2D eigenvalue weighted by molar-refractivity contribution is 0.0844. The summed E-state index contributed by atoms with van der Waals surface area (Å²) in [5.41, 5.74) is 3.20. The van der Waals surface area contributed by atoms with Crippen molar-refractivity contribution in [3.63, 3.8) is 0 Å². The van der Waals surface area contributed by atoms with Gasteiger partial charge in [-0.05, 0) is 37.3 Å². The molecule has 2 aliphatic rings. The van der Waals surface area contributed by atoms with E-state index in [0.29, 0.717) is 24.2 Å². The number of hydrogen-bond donors (Lipinski definition) is 1. The second kappa shape index (κ2) is 7.69. The van der Waals surface area contributed by atoms with Gasteiger partial charge in [0, 0.05) is 49.4 Å². The van der Waals surface area contributed by atoms with Gasteiger partial charge in [-0.25, -0.2) is 4.98 Å². The second-order valence-electron chi connectivity index (χ2n) is 8.62. The van der Waals surface area contributed by atoms with Crippen molar-refractivity contribution in [1.82, 2.24) is 19.4 Å². The number of fused-ring (bicyclic) bond motifs is 4. The van der Waals surface area contributed by atoms with Crippen molar-refractivity contribution in [1.29, 1.82) is 0 Å². The molecule has 154 valence electrons. The van der Waals surface area contributed by atoms with Gasteiger partial charge >= 0.3 is 0 Å². The number of nitrogens with one attached hydrogen (secondary N) is 1. The summed E-state index contributed by atoms with van der Waals surface area (Å²) in [6.07, 6.45) is 1.95. The SMILES string of the molecule is Cc1nc(CN2C[C@H]3C[C@@H](C2)[C@H](Cc2ccccc2)n2c3cccc2=O)cc(=O)[nH]1. The average molecular weight is 402 g/mol. The summed E-state index contributed by atoms with van der Waals surface area (Å²) in [6, 6.07) is 17.8. The Morgan fingerprint density at radius 3 is 2.70 bits per heavy atom. The summed E-state index contributed by atoms with van der Waals surface area (Å²) >= 11 is 0. The number of hydrogen-bond acceptors (Lipinski definition) is 4. The number of aryl methyl sites for hydroxylation is 1. The zero-order valence-corrected chi connectivity index (χ0v) is 17.1. The molecule has 1 fully saturated rings. The number of benzene rings is 1. The van der Waals surface area contributed by atoms with E-state index >= 15 is 0 Å². The highest BCUT2D eigenvalue weighted by molar-refractivity contribution is 5.22. The predicted octanol–water partition coefficient (Wildman–Crippen LogP) is 2.64. The molecule has 1 saturated heterocycles. The molecule has 0 unspecified atom stereocenters. The van der Waals surface area contributed by atoms with Crippen molar-refractivity contribution in [3.05, 3.63) is 98.1 Å². The molecule has 2 bridgehead atoms. The lowest BCUT2D eigenvalue weighted by atomic mass is 9.76. The number of aromatic nitrogens is 3. The fourth-order valence-electron chi connectivity index (χ4n) is 5.33. The van der Waals surface area contributed by atoms with Gasteiger partial charge < -0.3 is 9.55 Å². The van der Waals surface area contributed by atoms with Gasteiger partial charge in [-0.2, -0.15) is 0 Å². The Morgan fingerprint density at radius 2 is 1.90 bits per heavy atom. The fourth-order valence-corrected chi connectivity index (χ4v) is 5.33. The Kier molecular flexibility index (Phi) is 4.87. The zero-order chi connectivity index (χ0) is 20.7. The third kappa shape index (κ3) is 3.63. The molecule has 0 spiro atoms. The molecule has 2 aliphatic heterocycles. The van der Waals surface area contributed by atoms with Gasteiger partial charge in [0.1, 0.15) is 5.82 Å². The van der Waals surface area contributed by atoms with Gasteiger partial charge in [-0.15, -0.1) is 0 Å². The quantitative estimate of drug-likeness (QED) is 0.728. The normalized spacial score (nSPS) is 23.2. The Balaban J connectivity index is 1.48. The van der Waals surface area contributed by atoms with Crippen molar-refractivity contribution in [2.45, 2.75) is 38.3 Å². The van der Waals surface area contributed by atoms with Crippen molar-refractivity contribution in [2.24, 2.45) is 5.92 Å². The van der Waals surface area contributed by atoms with Crippen LogP contribution in [0.3, 0.4) is 0 Å². The van der Waals surface area contributed by atoms with Crippen LogP contribution in [0.25, 0.3) is 0 Å². The Bertz CT molecular complexity index is 1170. The molecule has 0 saturated carbocycles. The van der Waals surface area contributed by atoms with E-state index in [1.165, 1.54) is 5.56 Å². The molecule has 3 atom stereocenters. The van der Waals surface area contributed by atoms with Crippen LogP contribution in [0.1, 0.15) is 41.2 Å². The molecular formula is C24H26N4O2. The number of pyridine rings is 1. The summed E-state index contributed by atoms with van der Waals surface area (Å²) in [5, 5.41) is 0. The van der Waals surface area contributed by atoms with Crippen LogP contribution < -0.4 is 11.1 Å². The van der Waals surface area contributed by atoms with Crippen LogP contribution in [0.5, 0.6) is 0 Å². The molecule has 0 amide bonds. The van der Waals surface area contributed by atoms with E-state index in [0.717, 1.165) is 37.3 Å². The third-order valence-electron chi connectivity index (χ3n) is 6.46. The van der Waals surface area contributed by atoms with E-state index in [1.807, 2.05) is 19.1 Å². The van der Waals surface area contributed by atoms with E-state index < -0.39 is 0 Å². The number of nitrogens with zero attached hydrogens (tertiary/aromatic N) is 3. The minimum atomic E-state index is -0.103. The van der Waals surface area contributed by atoms with Gasteiger partial charge in [0.15, 0.2) is 0 Å². The Hall–Kier alpha value is -2.99. The fraction of sp³-hybridized carbons (Fsp3) is 0.375. The first kappa shape index (κ1) is 19.0. The highest BCUT2D eigenvalue weighted by atomic mass is 16.1. The number of H-pyrrole nitrogens is 1. The largest absolute Gasteiger partial charge is 0.311 e. The van der Waals surface area contributed by atoms with E-state index in [2.05, 4.69) is 49.8 Å². The van der Waals surface area contributed by atoms with E-state index in [9.17, 15) is 9.59 Å². The zero-order valence-electron chi connectivity index (χ0n) is 17.1. The molecule has 6 nitrogen and oxygen atoms in total. The molecule has 5 rings (SSSR count). The smallest absolute Gasteiger partial charge is 0.251 e. The lowest BCUT2D eigenvalue weighted by Crippen LogP contribution is -2.49. The standard InChI is InChI=1S/C24H26N4O2/c1-16-25-20(12-23(29)26-16)15-27-13-18-11-19(14-27)22(10-17-6-3-2-4-7-17)28-21(18)8-5-9-24(28)30/h2-9,12,18-19,22H,10-11,13-15H2,1H3,(H,25,26,29)/t18-,19+,22+/m1/s1. The molecule has 2 aromatic heterocycles. The van der Waals surface area contributed by atoms with Gasteiger partial charge in [0.05, 0.1) is 5.69 Å². The minimum absolute atomic E-state index is 0.100. The molecule has 4 heterocycles. The highest BCUT2D eigenvalue weighted by Gasteiger charge is 2.40. The summed E-state index contributed by atoms with van der Waals surface area (Å²) in [6.45, 7) is 4.26. The molecule has 3 aromatic rings. The molecule has 1 N–H and O–H groups in total. The van der Waals surface area contributed by atoms with E-state index in [1.54, 1.807) is 12.1 Å². The average Bonchev–Trinajstić information content (AvgIpc) is 2.71. The van der Waals surface area contributed by atoms with Crippen molar-refractivity contribution < 1.29 is 0 Å². The number of piperidine rings is 1. The Morgan fingerprint density at radius 1 is 1.07 bits per heavy atom. The van der Waals surface area contributed by atoms with Gasteiger partial charge in [-0.1, -0.05) is 36.4 Å². The molecule has 30 heavy (non-hydrogen) atoms. The van der Waals surface area contributed by atoms with Crippen LogP contribution in [0, 0.1) is 12.8 Å². The van der Waals surface area contributed by atoms with Gasteiger partial charge in [-0.3, -0.25) is 14.5 Å². The Labute approximate surface area is 175 Å². The molecule has 6 heteroatoms. The van der Waals surface area contributed by atoms with Crippen LogP contribution in [0.4, 0.5) is 0 Å². The molecular weight excluding hydrogens is 376 g/mol. The monoisotopic (exact) mass is 402 g/mol. The topological polar surface area (TPSA) is 71.0 Å². The van der Waals surface area contributed by atoms with E-state index in [4.69, 9.17) is 0 Å². The molecule has 0 radical (unpaired) electrons. The first-order valence-electron chi connectivity index (χ1n) is 10.6. The van der Waals surface area contributed by atoms with Crippen LogP contribution >= 0.6 is 0 Å². The summed E-state index contributed by atoms with van der Waals surface area (Å²) in [5.74, 6) is 1.36. The van der Waals surface area contributed by atoms with Crippen molar-refractivity contribution in [3.8, 4) is 0 Å². The maximum Gasteiger partial charge on any atom is 0.251 e. The van der Waals surface area contributed by atoms with Crippen molar-refractivity contribution in [2.75, 3.05) is 13.1 Å². The van der Waals surface area contributed by atoms with Crippen LogP contribution in [-0.2, 0) is 13.0 Å². The maximum absolute atomic E-state index is 12.8. The van der Waals surface area contributed by atoms with Crippen LogP contribution in [-0.4, -0.2) is 32.5 Å². The van der Waals surface area contributed by atoms with E-state index in [-0.39, 0.29) is 17.2 Å². The summed E-state index contributed by atoms with van der Waals surface area (Å²) in [4.78, 5) is 34.3. The lowest BCUT2D eigenvalue weighted by Gasteiger charge is -2.47. The first-order chi connectivity index (χ1) is 14.6. The highest BCUT2D eigenvalue weighted by Crippen LogP contribution is 2.42. The first-order valence-corrected chi connectivity index (χ1v) is 10.6. The number of aromatic amines is 1. The van der Waals surface area contributed by atoms with Crippen molar-refractivity contribution >= 4 is 0 Å². The molecule has 0 aliphatic carbocycles. The third-order valence-corrected chi connectivity index (χ3v) is 6.46. The van der Waals surface area contributed by atoms with Crippen LogP contribution in [0.2, 0.25) is 0 Å². The summed E-state index contributed by atoms with van der Waals surface area (Å²) < 4.78 is 2.05. The van der Waals surface area contributed by atoms with Gasteiger partial charge in [0.25, 0.3) is 11.1 Å². The molecule has 1 aromatic carbocycles. The van der Waals surface area contributed by atoms with Gasteiger partial charge in [0.2, 0.25) is 0 Å². The van der Waals surface area contributed by atoms with Crippen LogP contribution in [0.15, 0.2) is 64.2 Å². The minimum Gasteiger partial charge on any atom is -0.311 e. The number of likely N-dealkylation sites (tertiary alicyclic amines) is 1. The summed E-state index contributed by atoms with van der Waals surface area (Å²) in [7, 11) is 0. The number of rotatable bonds is 4. The second-order valence-corrected chi connectivity index (χ2v) is 8.62. The predicted molar refractivity (Wildman–Crippen MR) is 116 cm³/mol. The maximum atomic E-state index is 12.8.